The third-order valence-corrected chi connectivity index (χ3v) is 2.28. The van der Waals surface area contributed by atoms with E-state index in [4.69, 9.17) is 9.84 Å². The zero-order chi connectivity index (χ0) is 15.5. The van der Waals surface area contributed by atoms with Gasteiger partial charge in [-0.2, -0.15) is 0 Å². The van der Waals surface area contributed by atoms with E-state index >= 15 is 0 Å². The van der Waals surface area contributed by atoms with Crippen molar-refractivity contribution in [3.05, 3.63) is 12.7 Å². The number of hydrogen-bond donors (Lipinski definition) is 2. The number of carbonyl (C=O) groups is 3. The van der Waals surface area contributed by atoms with E-state index in [2.05, 4.69) is 11.9 Å². The van der Waals surface area contributed by atoms with Crippen LogP contribution in [0.2, 0.25) is 0 Å². The minimum atomic E-state index is -1.13. The summed E-state index contributed by atoms with van der Waals surface area (Å²) in [6, 6.07) is -0.547. The Kier molecular flexibility index (Phi) is 8.77. The number of nitrogens with zero attached hydrogens (tertiary/aromatic N) is 2. The van der Waals surface area contributed by atoms with Crippen molar-refractivity contribution in [2.24, 2.45) is 0 Å². The summed E-state index contributed by atoms with van der Waals surface area (Å²) < 4.78 is 4.78. The van der Waals surface area contributed by atoms with E-state index in [9.17, 15) is 14.4 Å². The van der Waals surface area contributed by atoms with Gasteiger partial charge >= 0.3 is 12.0 Å². The molecule has 0 aromatic rings. The second-order valence-electron chi connectivity index (χ2n) is 4.04. The molecule has 0 bridgehead atoms. The Morgan fingerprint density at radius 2 is 2.00 bits per heavy atom. The minimum Gasteiger partial charge on any atom is -0.480 e. The van der Waals surface area contributed by atoms with Crippen LogP contribution in [0.1, 0.15) is 0 Å². The highest BCUT2D eigenvalue weighted by Crippen LogP contribution is 1.97. The molecule has 0 spiro atoms. The molecular weight excluding hydrogens is 266 g/mol. The van der Waals surface area contributed by atoms with Crippen LogP contribution in [-0.4, -0.2) is 79.8 Å². The number of ether oxygens (including phenoxy) is 1. The quantitative estimate of drug-likeness (QED) is 0.435. The molecule has 8 heteroatoms. The fourth-order valence-electron chi connectivity index (χ4n) is 1.40. The highest BCUT2D eigenvalue weighted by atomic mass is 16.5. The average molecular weight is 287 g/mol. The second-order valence-corrected chi connectivity index (χ2v) is 4.04. The molecule has 114 valence electrons. The van der Waals surface area contributed by atoms with Gasteiger partial charge in [-0.25, -0.2) is 4.79 Å². The SMILES string of the molecule is C=CCN(CC(=O)O)C(=O)N(C)CC(=O)NCCOC. The summed E-state index contributed by atoms with van der Waals surface area (Å²) in [6.07, 6.45) is 1.42. The first-order valence-corrected chi connectivity index (χ1v) is 6.00. The van der Waals surface area contributed by atoms with Gasteiger partial charge in [0.25, 0.3) is 0 Å². The predicted molar refractivity (Wildman–Crippen MR) is 72.3 cm³/mol. The third kappa shape index (κ3) is 7.37. The van der Waals surface area contributed by atoms with E-state index in [0.29, 0.717) is 13.2 Å². The fraction of sp³-hybridized carbons (Fsp3) is 0.583. The molecule has 2 N–H and O–H groups in total. The predicted octanol–water partition coefficient (Wildman–Crippen LogP) is -0.627. The van der Waals surface area contributed by atoms with Crippen LogP contribution in [-0.2, 0) is 14.3 Å². The van der Waals surface area contributed by atoms with Gasteiger partial charge < -0.3 is 25.0 Å². The lowest BCUT2D eigenvalue weighted by atomic mass is 10.4. The smallest absolute Gasteiger partial charge is 0.323 e. The van der Waals surface area contributed by atoms with Gasteiger partial charge in [0.05, 0.1) is 6.61 Å². The number of nitrogens with one attached hydrogen (secondary N) is 1. The molecule has 0 heterocycles. The van der Waals surface area contributed by atoms with Crippen molar-refractivity contribution in [1.29, 1.82) is 0 Å². The summed E-state index contributed by atoms with van der Waals surface area (Å²) >= 11 is 0. The number of carboxylic acid groups (broad SMARTS) is 1. The molecule has 0 aliphatic carbocycles. The lowest BCUT2D eigenvalue weighted by molar-refractivity contribution is -0.137. The van der Waals surface area contributed by atoms with Gasteiger partial charge in [-0.05, 0) is 0 Å². The van der Waals surface area contributed by atoms with Gasteiger partial charge in [0.2, 0.25) is 5.91 Å². The van der Waals surface area contributed by atoms with Crippen molar-refractivity contribution in [2.75, 3.05) is 46.9 Å². The highest BCUT2D eigenvalue weighted by Gasteiger charge is 2.20. The van der Waals surface area contributed by atoms with Gasteiger partial charge in [0.1, 0.15) is 13.1 Å². The van der Waals surface area contributed by atoms with E-state index < -0.39 is 18.5 Å². The maximum absolute atomic E-state index is 12.0. The standard InChI is InChI=1S/C12H21N3O5/c1-4-6-15(9-11(17)18)12(19)14(2)8-10(16)13-5-7-20-3/h4H,1,5-9H2,2-3H3,(H,13,16)(H,17,18). The maximum atomic E-state index is 12.0. The van der Waals surface area contributed by atoms with Crippen molar-refractivity contribution in [3.8, 4) is 0 Å². The lowest BCUT2D eigenvalue weighted by Gasteiger charge is -2.25. The molecule has 0 aliphatic heterocycles. The molecule has 0 saturated heterocycles. The Balaban J connectivity index is 4.37. The van der Waals surface area contributed by atoms with Crippen molar-refractivity contribution in [2.45, 2.75) is 0 Å². The molecule has 3 amide bonds. The Morgan fingerprint density at radius 1 is 1.35 bits per heavy atom. The van der Waals surface area contributed by atoms with Crippen LogP contribution in [0, 0.1) is 0 Å². The molecule has 0 aromatic carbocycles. The first-order valence-electron chi connectivity index (χ1n) is 6.00. The van der Waals surface area contributed by atoms with Gasteiger partial charge in [0.15, 0.2) is 0 Å². The van der Waals surface area contributed by atoms with Crippen molar-refractivity contribution in [1.82, 2.24) is 15.1 Å². The Hall–Kier alpha value is -2.09. The fourth-order valence-corrected chi connectivity index (χ4v) is 1.40. The average Bonchev–Trinajstić information content (AvgIpc) is 2.37. The van der Waals surface area contributed by atoms with E-state index in [-0.39, 0.29) is 19.0 Å². The molecule has 0 aromatic heterocycles. The van der Waals surface area contributed by atoms with E-state index in [0.717, 1.165) is 9.80 Å². The number of methoxy groups -OCH3 is 1. The molecule has 0 radical (unpaired) electrons. The Labute approximate surface area is 118 Å². The number of hydrogen-bond acceptors (Lipinski definition) is 4. The summed E-state index contributed by atoms with van der Waals surface area (Å²) in [5, 5.41) is 11.3. The largest absolute Gasteiger partial charge is 0.480 e. The Bertz CT molecular complexity index is 359. The van der Waals surface area contributed by atoms with E-state index in [1.807, 2.05) is 0 Å². The number of likely N-dealkylation sites (N-methyl/N-ethyl adjacent to an activating group) is 1. The number of aliphatic carboxylic acids is 1. The van der Waals surface area contributed by atoms with Crippen LogP contribution in [0.25, 0.3) is 0 Å². The first kappa shape index (κ1) is 17.9. The molecular formula is C12H21N3O5. The molecule has 0 atom stereocenters. The number of rotatable bonds is 9. The van der Waals surface area contributed by atoms with Crippen molar-refractivity contribution in [3.63, 3.8) is 0 Å². The molecule has 0 saturated carbocycles. The minimum absolute atomic E-state index is 0.0980. The second kappa shape index (κ2) is 9.79. The maximum Gasteiger partial charge on any atom is 0.323 e. The van der Waals surface area contributed by atoms with Gasteiger partial charge in [-0.3, -0.25) is 9.59 Å². The summed E-state index contributed by atoms with van der Waals surface area (Å²) in [5.41, 5.74) is 0. The molecule has 20 heavy (non-hydrogen) atoms. The zero-order valence-corrected chi connectivity index (χ0v) is 11.8. The van der Waals surface area contributed by atoms with E-state index in [1.165, 1.54) is 20.2 Å². The highest BCUT2D eigenvalue weighted by molar-refractivity contribution is 5.85. The number of carboxylic acids is 1. The van der Waals surface area contributed by atoms with Gasteiger partial charge in [-0.15, -0.1) is 6.58 Å². The summed E-state index contributed by atoms with van der Waals surface area (Å²) in [6.45, 7) is 3.69. The third-order valence-electron chi connectivity index (χ3n) is 2.28. The molecule has 0 unspecified atom stereocenters. The number of amides is 3. The van der Waals surface area contributed by atoms with Crippen LogP contribution in [0.3, 0.4) is 0 Å². The van der Waals surface area contributed by atoms with Crippen LogP contribution in [0.4, 0.5) is 4.79 Å². The van der Waals surface area contributed by atoms with Crippen molar-refractivity contribution < 1.29 is 24.2 Å². The van der Waals surface area contributed by atoms with Crippen LogP contribution < -0.4 is 5.32 Å². The summed E-state index contributed by atoms with van der Waals surface area (Å²) in [4.78, 5) is 36.4. The zero-order valence-electron chi connectivity index (χ0n) is 11.8. The number of carbonyl (C=O) groups excluding carboxylic acids is 2. The summed E-state index contributed by atoms with van der Waals surface area (Å²) in [7, 11) is 2.94. The topological polar surface area (TPSA) is 99.2 Å². The van der Waals surface area contributed by atoms with E-state index in [1.54, 1.807) is 0 Å². The van der Waals surface area contributed by atoms with Gasteiger partial charge in [-0.1, -0.05) is 6.08 Å². The lowest BCUT2D eigenvalue weighted by Crippen LogP contribution is -2.47. The molecule has 0 aliphatic rings. The van der Waals surface area contributed by atoms with Crippen LogP contribution >= 0.6 is 0 Å². The molecule has 8 nitrogen and oxygen atoms in total. The molecule has 0 rings (SSSR count). The van der Waals surface area contributed by atoms with Crippen LogP contribution in [0.15, 0.2) is 12.7 Å². The monoisotopic (exact) mass is 287 g/mol. The summed E-state index contributed by atoms with van der Waals surface area (Å²) in [5.74, 6) is -1.47. The normalized spacial score (nSPS) is 9.70. The molecule has 0 fully saturated rings. The van der Waals surface area contributed by atoms with Crippen LogP contribution in [0.5, 0.6) is 0 Å². The number of urea groups is 1. The van der Waals surface area contributed by atoms with Crippen molar-refractivity contribution >= 4 is 17.9 Å². The van der Waals surface area contributed by atoms with Gasteiger partial charge in [0, 0.05) is 27.2 Å². The first-order chi connectivity index (χ1) is 9.42. The Morgan fingerprint density at radius 3 is 2.50 bits per heavy atom.